The quantitative estimate of drug-likeness (QED) is 0.810. The number of nitrogens with one attached hydrogen (secondary N) is 1. The molecular weight excluding hydrogens is 210 g/mol. The fourth-order valence-electron chi connectivity index (χ4n) is 2.11. The first-order valence-electron chi connectivity index (χ1n) is 5.41. The monoisotopic (exact) mass is 225 g/mol. The third kappa shape index (κ3) is 2.71. The van der Waals surface area contributed by atoms with Crippen LogP contribution >= 0.6 is 11.6 Å². The smallest absolute Gasteiger partial charge is 0.0830 e. The van der Waals surface area contributed by atoms with Gasteiger partial charge in [-0.1, -0.05) is 23.7 Å². The molecule has 1 heterocycles. The van der Waals surface area contributed by atoms with E-state index in [0.717, 1.165) is 31.5 Å². The zero-order valence-electron chi connectivity index (χ0n) is 8.62. The zero-order valence-corrected chi connectivity index (χ0v) is 9.37. The summed E-state index contributed by atoms with van der Waals surface area (Å²) in [6.45, 7) is 1.96. The van der Waals surface area contributed by atoms with E-state index in [1.54, 1.807) is 0 Å². The van der Waals surface area contributed by atoms with Gasteiger partial charge in [0.25, 0.3) is 0 Å². The molecule has 0 aromatic heterocycles. The van der Waals surface area contributed by atoms with Crippen LogP contribution < -0.4 is 5.32 Å². The molecule has 3 heteroatoms. The lowest BCUT2D eigenvalue weighted by Gasteiger charge is -2.27. The highest BCUT2D eigenvalue weighted by Crippen LogP contribution is 2.28. The molecule has 2 rings (SSSR count). The summed E-state index contributed by atoms with van der Waals surface area (Å²) in [7, 11) is 0. The van der Waals surface area contributed by atoms with Crippen molar-refractivity contribution < 1.29 is 5.11 Å². The molecule has 0 amide bonds. The normalized spacial score (nSPS) is 23.7. The molecule has 1 aliphatic heterocycles. The third-order valence-corrected chi connectivity index (χ3v) is 3.21. The summed E-state index contributed by atoms with van der Waals surface area (Å²) in [5.41, 5.74) is 0.927. The van der Waals surface area contributed by atoms with Gasteiger partial charge in [-0.3, -0.25) is 0 Å². The van der Waals surface area contributed by atoms with Crippen LogP contribution in [0.15, 0.2) is 24.3 Å². The Morgan fingerprint density at radius 1 is 1.47 bits per heavy atom. The molecule has 2 atom stereocenters. The number of hydrogen-bond acceptors (Lipinski definition) is 2. The van der Waals surface area contributed by atoms with Crippen LogP contribution in [0.5, 0.6) is 0 Å². The van der Waals surface area contributed by atoms with Crippen LogP contribution in [0.1, 0.15) is 24.5 Å². The number of hydrogen-bond donors (Lipinski definition) is 2. The summed E-state index contributed by atoms with van der Waals surface area (Å²) in [4.78, 5) is 0. The summed E-state index contributed by atoms with van der Waals surface area (Å²) in [6.07, 6.45) is 1.83. The molecule has 0 aliphatic carbocycles. The van der Waals surface area contributed by atoms with Gasteiger partial charge in [0.1, 0.15) is 0 Å². The Morgan fingerprint density at radius 3 is 3.00 bits per heavy atom. The number of benzene rings is 1. The molecule has 0 saturated carbocycles. The van der Waals surface area contributed by atoms with Gasteiger partial charge >= 0.3 is 0 Å². The Kier molecular flexibility index (Phi) is 3.62. The molecule has 0 radical (unpaired) electrons. The molecule has 1 aliphatic rings. The predicted molar refractivity (Wildman–Crippen MR) is 62.0 cm³/mol. The van der Waals surface area contributed by atoms with Crippen LogP contribution in [0.3, 0.4) is 0 Å². The Hall–Kier alpha value is -0.570. The molecule has 15 heavy (non-hydrogen) atoms. The van der Waals surface area contributed by atoms with E-state index in [0.29, 0.717) is 10.9 Å². The van der Waals surface area contributed by atoms with E-state index in [2.05, 4.69) is 5.32 Å². The highest BCUT2D eigenvalue weighted by Gasteiger charge is 2.22. The lowest BCUT2D eigenvalue weighted by atomic mass is 9.89. The van der Waals surface area contributed by atoms with Crippen molar-refractivity contribution in [2.24, 2.45) is 5.92 Å². The Bertz CT molecular complexity index is 323. The van der Waals surface area contributed by atoms with Gasteiger partial charge in [0, 0.05) is 17.5 Å². The predicted octanol–water partition coefficient (Wildman–Crippen LogP) is 2.37. The molecule has 0 bridgehead atoms. The van der Waals surface area contributed by atoms with Gasteiger partial charge in [-0.25, -0.2) is 0 Å². The first-order valence-corrected chi connectivity index (χ1v) is 5.79. The van der Waals surface area contributed by atoms with Crippen molar-refractivity contribution in [3.63, 3.8) is 0 Å². The lowest BCUT2D eigenvalue weighted by Crippen LogP contribution is -2.33. The largest absolute Gasteiger partial charge is 0.388 e. The molecule has 82 valence electrons. The average molecular weight is 226 g/mol. The van der Waals surface area contributed by atoms with E-state index in [4.69, 9.17) is 11.6 Å². The summed E-state index contributed by atoms with van der Waals surface area (Å²) in [6, 6.07) is 7.50. The van der Waals surface area contributed by atoms with Gasteiger partial charge in [-0.2, -0.15) is 0 Å². The fraction of sp³-hybridized carbons (Fsp3) is 0.500. The highest BCUT2D eigenvalue weighted by atomic mass is 35.5. The molecule has 1 aromatic rings. The van der Waals surface area contributed by atoms with Crippen LogP contribution in [-0.4, -0.2) is 18.2 Å². The van der Waals surface area contributed by atoms with E-state index in [-0.39, 0.29) is 0 Å². The van der Waals surface area contributed by atoms with Crippen molar-refractivity contribution >= 4 is 11.6 Å². The SMILES string of the molecule is O[C@H](c1cccc(Cl)c1)C1CCCNC1. The first kappa shape index (κ1) is 10.9. The summed E-state index contributed by atoms with van der Waals surface area (Å²) < 4.78 is 0. The van der Waals surface area contributed by atoms with Gasteiger partial charge in [-0.05, 0) is 37.1 Å². The average Bonchev–Trinajstić information content (AvgIpc) is 2.29. The second-order valence-electron chi connectivity index (χ2n) is 4.11. The maximum Gasteiger partial charge on any atom is 0.0830 e. The Balaban J connectivity index is 2.08. The summed E-state index contributed by atoms with van der Waals surface area (Å²) >= 11 is 5.90. The van der Waals surface area contributed by atoms with E-state index in [1.807, 2.05) is 24.3 Å². The maximum absolute atomic E-state index is 10.2. The van der Waals surface area contributed by atoms with E-state index in [9.17, 15) is 5.11 Å². The first-order chi connectivity index (χ1) is 7.27. The van der Waals surface area contributed by atoms with Crippen LogP contribution in [0, 0.1) is 5.92 Å². The molecule has 1 fully saturated rings. The number of rotatable bonds is 2. The summed E-state index contributed by atoms with van der Waals surface area (Å²) in [5, 5.41) is 14.2. The maximum atomic E-state index is 10.2. The van der Waals surface area contributed by atoms with Crippen LogP contribution in [0.4, 0.5) is 0 Å². The van der Waals surface area contributed by atoms with Gasteiger partial charge in [0.2, 0.25) is 0 Å². The standard InChI is InChI=1S/C12H16ClNO/c13-11-5-1-3-9(7-11)12(15)10-4-2-6-14-8-10/h1,3,5,7,10,12,14-15H,2,4,6,8H2/t10?,12-/m1/s1. The van der Waals surface area contributed by atoms with Crippen molar-refractivity contribution in [2.75, 3.05) is 13.1 Å². The topological polar surface area (TPSA) is 32.3 Å². The Labute approximate surface area is 95.3 Å². The van der Waals surface area contributed by atoms with E-state index < -0.39 is 6.10 Å². The van der Waals surface area contributed by atoms with Crippen LogP contribution in [0.2, 0.25) is 5.02 Å². The molecule has 2 nitrogen and oxygen atoms in total. The minimum absolute atomic E-state index is 0.317. The van der Waals surface area contributed by atoms with E-state index in [1.165, 1.54) is 0 Å². The third-order valence-electron chi connectivity index (χ3n) is 2.97. The van der Waals surface area contributed by atoms with Gasteiger partial charge in [0.05, 0.1) is 6.10 Å². The number of halogens is 1. The van der Waals surface area contributed by atoms with Crippen LogP contribution in [0.25, 0.3) is 0 Å². The van der Waals surface area contributed by atoms with Gasteiger partial charge < -0.3 is 10.4 Å². The van der Waals surface area contributed by atoms with Gasteiger partial charge in [0.15, 0.2) is 0 Å². The molecule has 2 N–H and O–H groups in total. The Morgan fingerprint density at radius 2 is 2.33 bits per heavy atom. The molecule has 1 saturated heterocycles. The molecule has 1 aromatic carbocycles. The second-order valence-corrected chi connectivity index (χ2v) is 4.54. The number of aliphatic hydroxyl groups excluding tert-OH is 1. The van der Waals surface area contributed by atoms with Crippen molar-refractivity contribution in [3.8, 4) is 0 Å². The zero-order chi connectivity index (χ0) is 10.7. The molecular formula is C12H16ClNO. The number of piperidine rings is 1. The van der Waals surface area contributed by atoms with Crippen molar-refractivity contribution in [3.05, 3.63) is 34.9 Å². The van der Waals surface area contributed by atoms with Crippen molar-refractivity contribution in [1.29, 1.82) is 0 Å². The van der Waals surface area contributed by atoms with Crippen LogP contribution in [-0.2, 0) is 0 Å². The van der Waals surface area contributed by atoms with E-state index >= 15 is 0 Å². The van der Waals surface area contributed by atoms with Crippen molar-refractivity contribution in [2.45, 2.75) is 18.9 Å². The molecule has 1 unspecified atom stereocenters. The minimum atomic E-state index is -0.392. The molecule has 0 spiro atoms. The lowest BCUT2D eigenvalue weighted by molar-refractivity contribution is 0.0922. The van der Waals surface area contributed by atoms with Crippen molar-refractivity contribution in [1.82, 2.24) is 5.32 Å². The number of aliphatic hydroxyl groups is 1. The summed E-state index contributed by atoms with van der Waals surface area (Å²) in [5.74, 6) is 0.317. The highest BCUT2D eigenvalue weighted by molar-refractivity contribution is 6.30. The minimum Gasteiger partial charge on any atom is -0.388 e. The second kappa shape index (κ2) is 4.97. The fourth-order valence-corrected chi connectivity index (χ4v) is 2.31. The van der Waals surface area contributed by atoms with Gasteiger partial charge in [-0.15, -0.1) is 0 Å².